The van der Waals surface area contributed by atoms with E-state index in [4.69, 9.17) is 20.8 Å². The Kier molecular flexibility index (Phi) is 5.75. The lowest BCUT2D eigenvalue weighted by molar-refractivity contribution is -0.136. The normalized spacial score (nSPS) is 14.1. The SMILES string of the molecule is O=C(OCC(=O)N1CCN(C(=O)c2ccco2)CC1)c1ccc(F)cc1Cl. The minimum absolute atomic E-state index is 0.0141. The lowest BCUT2D eigenvalue weighted by Gasteiger charge is -2.34. The number of ether oxygens (including phenoxy) is 1. The molecule has 0 saturated carbocycles. The fourth-order valence-corrected chi connectivity index (χ4v) is 2.91. The molecular formula is C18H16ClFN2O5. The summed E-state index contributed by atoms with van der Waals surface area (Å²) < 4.78 is 23.1. The predicted molar refractivity (Wildman–Crippen MR) is 92.9 cm³/mol. The molecule has 0 atom stereocenters. The van der Waals surface area contributed by atoms with Crippen molar-refractivity contribution in [3.05, 3.63) is 58.8 Å². The zero-order valence-electron chi connectivity index (χ0n) is 14.2. The van der Waals surface area contributed by atoms with Gasteiger partial charge >= 0.3 is 5.97 Å². The number of carbonyl (C=O) groups excluding carboxylic acids is 3. The summed E-state index contributed by atoms with van der Waals surface area (Å²) >= 11 is 5.80. The zero-order valence-corrected chi connectivity index (χ0v) is 14.9. The van der Waals surface area contributed by atoms with Crippen LogP contribution in [0.5, 0.6) is 0 Å². The van der Waals surface area contributed by atoms with Gasteiger partial charge in [-0.1, -0.05) is 11.6 Å². The molecule has 0 N–H and O–H groups in total. The molecule has 0 spiro atoms. The number of carbonyl (C=O) groups is 3. The summed E-state index contributed by atoms with van der Waals surface area (Å²) in [6.45, 7) is 0.880. The molecule has 1 saturated heterocycles. The Labute approximate surface area is 159 Å². The Balaban J connectivity index is 1.48. The quantitative estimate of drug-likeness (QED) is 0.743. The maximum absolute atomic E-state index is 13.0. The van der Waals surface area contributed by atoms with Crippen LogP contribution in [-0.2, 0) is 9.53 Å². The van der Waals surface area contributed by atoms with Crippen molar-refractivity contribution >= 4 is 29.4 Å². The van der Waals surface area contributed by atoms with E-state index in [1.165, 1.54) is 17.2 Å². The van der Waals surface area contributed by atoms with Crippen LogP contribution in [0.3, 0.4) is 0 Å². The molecule has 1 aromatic heterocycles. The topological polar surface area (TPSA) is 80.1 Å². The fourth-order valence-electron chi connectivity index (χ4n) is 2.67. The molecule has 0 radical (unpaired) electrons. The van der Waals surface area contributed by atoms with Gasteiger partial charge in [0.2, 0.25) is 0 Å². The van der Waals surface area contributed by atoms with E-state index < -0.39 is 18.4 Å². The molecule has 0 unspecified atom stereocenters. The highest BCUT2D eigenvalue weighted by Crippen LogP contribution is 2.18. The number of nitrogens with zero attached hydrogens (tertiary/aromatic N) is 2. The average molecular weight is 395 g/mol. The van der Waals surface area contributed by atoms with Crippen molar-refractivity contribution in [1.29, 1.82) is 0 Å². The number of furan rings is 1. The van der Waals surface area contributed by atoms with Gasteiger partial charge in [-0.25, -0.2) is 9.18 Å². The first-order valence-electron chi connectivity index (χ1n) is 8.18. The third-order valence-corrected chi connectivity index (χ3v) is 4.44. The minimum Gasteiger partial charge on any atom is -0.459 e. The molecule has 2 aromatic rings. The number of halogens is 2. The molecule has 9 heteroatoms. The second kappa shape index (κ2) is 8.22. The molecule has 1 fully saturated rings. The van der Waals surface area contributed by atoms with Gasteiger partial charge in [-0.05, 0) is 30.3 Å². The Hall–Kier alpha value is -2.87. The minimum atomic E-state index is -0.806. The van der Waals surface area contributed by atoms with Crippen LogP contribution in [0.1, 0.15) is 20.9 Å². The number of amides is 2. The number of esters is 1. The smallest absolute Gasteiger partial charge is 0.340 e. The van der Waals surface area contributed by atoms with Gasteiger partial charge in [0.25, 0.3) is 11.8 Å². The molecule has 1 aromatic carbocycles. The average Bonchev–Trinajstić information content (AvgIpc) is 3.20. The van der Waals surface area contributed by atoms with Gasteiger partial charge in [0.05, 0.1) is 16.8 Å². The van der Waals surface area contributed by atoms with E-state index >= 15 is 0 Å². The van der Waals surface area contributed by atoms with Crippen LogP contribution in [-0.4, -0.2) is 60.4 Å². The van der Waals surface area contributed by atoms with Crippen molar-refractivity contribution in [2.75, 3.05) is 32.8 Å². The predicted octanol–water partition coefficient (Wildman–Crippen LogP) is 2.21. The number of piperazine rings is 1. The summed E-state index contributed by atoms with van der Waals surface area (Å²) in [6.07, 6.45) is 1.43. The van der Waals surface area contributed by atoms with Gasteiger partial charge in [-0.15, -0.1) is 0 Å². The Morgan fingerprint density at radius 3 is 2.44 bits per heavy atom. The summed E-state index contributed by atoms with van der Waals surface area (Å²) in [6, 6.07) is 6.49. The molecule has 1 aliphatic heterocycles. The second-order valence-electron chi connectivity index (χ2n) is 5.85. The van der Waals surface area contributed by atoms with Crippen molar-refractivity contribution < 1.29 is 27.9 Å². The molecule has 0 bridgehead atoms. The highest BCUT2D eigenvalue weighted by atomic mass is 35.5. The zero-order chi connectivity index (χ0) is 19.4. The van der Waals surface area contributed by atoms with Gasteiger partial charge < -0.3 is 19.0 Å². The Morgan fingerprint density at radius 1 is 1.11 bits per heavy atom. The van der Waals surface area contributed by atoms with Crippen LogP contribution in [0, 0.1) is 5.82 Å². The third kappa shape index (κ3) is 4.46. The first kappa shape index (κ1) is 18.9. The molecule has 142 valence electrons. The highest BCUT2D eigenvalue weighted by Gasteiger charge is 2.26. The van der Waals surface area contributed by atoms with E-state index in [1.807, 2.05) is 0 Å². The van der Waals surface area contributed by atoms with Crippen LogP contribution >= 0.6 is 11.6 Å². The first-order valence-corrected chi connectivity index (χ1v) is 8.56. The molecule has 3 rings (SSSR count). The van der Waals surface area contributed by atoms with Gasteiger partial charge in [-0.2, -0.15) is 0 Å². The summed E-state index contributed by atoms with van der Waals surface area (Å²) in [4.78, 5) is 39.5. The van der Waals surface area contributed by atoms with E-state index in [0.717, 1.165) is 12.1 Å². The van der Waals surface area contributed by atoms with E-state index in [-0.39, 0.29) is 28.2 Å². The van der Waals surface area contributed by atoms with E-state index in [2.05, 4.69) is 0 Å². The number of rotatable bonds is 4. The summed E-state index contributed by atoms with van der Waals surface area (Å²) in [5.74, 6) is -1.74. The van der Waals surface area contributed by atoms with E-state index in [1.54, 1.807) is 17.0 Å². The molecular weight excluding hydrogens is 379 g/mol. The van der Waals surface area contributed by atoms with Crippen molar-refractivity contribution in [2.45, 2.75) is 0 Å². The molecule has 1 aliphatic rings. The lowest BCUT2D eigenvalue weighted by Crippen LogP contribution is -2.51. The molecule has 7 nitrogen and oxygen atoms in total. The van der Waals surface area contributed by atoms with Gasteiger partial charge in [0, 0.05) is 26.2 Å². The highest BCUT2D eigenvalue weighted by molar-refractivity contribution is 6.33. The maximum Gasteiger partial charge on any atom is 0.340 e. The molecule has 2 heterocycles. The monoisotopic (exact) mass is 394 g/mol. The Morgan fingerprint density at radius 2 is 1.81 bits per heavy atom. The van der Waals surface area contributed by atoms with Crippen molar-refractivity contribution in [3.8, 4) is 0 Å². The summed E-state index contributed by atoms with van der Waals surface area (Å²) in [7, 11) is 0. The van der Waals surface area contributed by atoms with Crippen molar-refractivity contribution in [1.82, 2.24) is 9.80 Å². The van der Waals surface area contributed by atoms with Crippen LogP contribution < -0.4 is 0 Å². The third-order valence-electron chi connectivity index (χ3n) is 4.13. The number of hydrogen-bond acceptors (Lipinski definition) is 5. The number of benzene rings is 1. The van der Waals surface area contributed by atoms with E-state index in [9.17, 15) is 18.8 Å². The maximum atomic E-state index is 13.0. The summed E-state index contributed by atoms with van der Waals surface area (Å²) in [5, 5.41) is -0.0856. The number of hydrogen-bond donors (Lipinski definition) is 0. The fraction of sp³-hybridized carbons (Fsp3) is 0.278. The van der Waals surface area contributed by atoms with Gasteiger partial charge in [0.1, 0.15) is 5.82 Å². The van der Waals surface area contributed by atoms with Crippen molar-refractivity contribution in [3.63, 3.8) is 0 Å². The van der Waals surface area contributed by atoms with Crippen LogP contribution in [0.2, 0.25) is 5.02 Å². The molecule has 0 aliphatic carbocycles. The molecule has 27 heavy (non-hydrogen) atoms. The van der Waals surface area contributed by atoms with Crippen LogP contribution in [0.25, 0.3) is 0 Å². The van der Waals surface area contributed by atoms with Crippen LogP contribution in [0.4, 0.5) is 4.39 Å². The Bertz CT molecular complexity index is 847. The largest absolute Gasteiger partial charge is 0.459 e. The van der Waals surface area contributed by atoms with Gasteiger partial charge in [-0.3, -0.25) is 9.59 Å². The van der Waals surface area contributed by atoms with Crippen LogP contribution in [0.15, 0.2) is 41.0 Å². The summed E-state index contributed by atoms with van der Waals surface area (Å²) in [5.41, 5.74) is -0.0141. The van der Waals surface area contributed by atoms with Crippen molar-refractivity contribution in [2.24, 2.45) is 0 Å². The lowest BCUT2D eigenvalue weighted by atomic mass is 10.2. The first-order chi connectivity index (χ1) is 13.0. The van der Waals surface area contributed by atoms with Gasteiger partial charge in [0.15, 0.2) is 12.4 Å². The van der Waals surface area contributed by atoms with E-state index in [0.29, 0.717) is 26.2 Å². The molecule has 2 amide bonds. The standard InChI is InChI=1S/C18H16ClFN2O5/c19-14-10-12(20)3-4-13(14)18(25)27-11-16(23)21-5-7-22(8-6-21)17(24)15-2-1-9-26-15/h1-4,9-10H,5-8,11H2. The second-order valence-corrected chi connectivity index (χ2v) is 6.26.